The molecule has 2 fully saturated rings. The summed E-state index contributed by atoms with van der Waals surface area (Å²) in [6, 6.07) is 16.8. The van der Waals surface area contributed by atoms with Crippen molar-refractivity contribution in [3.05, 3.63) is 65.2 Å². The maximum absolute atomic E-state index is 13.3. The molecule has 2 aromatic rings. The Bertz CT molecular complexity index is 997. The van der Waals surface area contributed by atoms with Crippen LogP contribution in [0, 0.1) is 17.8 Å². The Morgan fingerprint density at radius 2 is 1.86 bits per heavy atom. The molecule has 5 rings (SSSR count). The van der Waals surface area contributed by atoms with Gasteiger partial charge in [-0.1, -0.05) is 68.7 Å². The maximum Gasteiger partial charge on any atom is 0.157 e. The summed E-state index contributed by atoms with van der Waals surface area (Å²) in [5.41, 5.74) is 3.88. The summed E-state index contributed by atoms with van der Waals surface area (Å²) >= 11 is 0. The molecule has 2 unspecified atom stereocenters. The van der Waals surface area contributed by atoms with Gasteiger partial charge in [-0.05, 0) is 86.0 Å². The molecule has 2 aromatic carbocycles. The number of ether oxygens (including phenoxy) is 3. The normalized spacial score (nSPS) is 25.9. The quantitative estimate of drug-likeness (QED) is 0.282. The van der Waals surface area contributed by atoms with Gasteiger partial charge in [0.2, 0.25) is 0 Å². The van der Waals surface area contributed by atoms with Gasteiger partial charge in [0.05, 0.1) is 6.10 Å². The molecule has 0 spiro atoms. The molecule has 3 aliphatic rings. The van der Waals surface area contributed by atoms with Crippen molar-refractivity contribution in [3.63, 3.8) is 0 Å². The van der Waals surface area contributed by atoms with Gasteiger partial charge in [-0.25, -0.2) is 0 Å². The molecular weight excluding hydrogens is 460 g/mol. The molecule has 1 saturated heterocycles. The Morgan fingerprint density at radius 1 is 0.973 bits per heavy atom. The van der Waals surface area contributed by atoms with Crippen LogP contribution in [0.25, 0.3) is 0 Å². The van der Waals surface area contributed by atoms with Crippen LogP contribution in [0.5, 0.6) is 5.75 Å². The number of benzene rings is 2. The molecule has 0 amide bonds. The highest BCUT2D eigenvalue weighted by atomic mass is 16.7. The minimum atomic E-state index is -0.0525. The van der Waals surface area contributed by atoms with E-state index in [0.717, 1.165) is 63.7 Å². The molecule has 0 bridgehead atoms. The van der Waals surface area contributed by atoms with E-state index in [2.05, 4.69) is 49.4 Å². The third-order valence-electron chi connectivity index (χ3n) is 8.80. The van der Waals surface area contributed by atoms with Crippen LogP contribution in [0.15, 0.2) is 48.5 Å². The van der Waals surface area contributed by atoms with Crippen LogP contribution in [-0.2, 0) is 33.7 Å². The number of carbonyl (C=O) groups excluding carboxylic acids is 1. The van der Waals surface area contributed by atoms with Gasteiger partial charge in [-0.2, -0.15) is 0 Å². The predicted octanol–water partition coefficient (Wildman–Crippen LogP) is 7.46. The second-order valence-electron chi connectivity index (χ2n) is 11.4. The SMILES string of the molecule is CCCCC[C@@H](CCC1C(=O)C[C@@H]2Cc3c(cccc3OCc3ccccc3)C[C@H]12)OC1CCCCO1. The highest BCUT2D eigenvalue weighted by molar-refractivity contribution is 5.84. The molecule has 4 nitrogen and oxygen atoms in total. The van der Waals surface area contributed by atoms with Gasteiger partial charge in [0.1, 0.15) is 18.1 Å². The van der Waals surface area contributed by atoms with E-state index in [-0.39, 0.29) is 18.3 Å². The summed E-state index contributed by atoms with van der Waals surface area (Å²) in [5, 5.41) is 0. The van der Waals surface area contributed by atoms with Gasteiger partial charge in [-0.15, -0.1) is 0 Å². The summed E-state index contributed by atoms with van der Waals surface area (Å²) in [7, 11) is 0. The first-order valence-electron chi connectivity index (χ1n) is 14.8. The van der Waals surface area contributed by atoms with Gasteiger partial charge < -0.3 is 14.2 Å². The number of fused-ring (bicyclic) bond motifs is 2. The van der Waals surface area contributed by atoms with Gasteiger partial charge in [0, 0.05) is 18.9 Å². The molecule has 1 heterocycles. The van der Waals surface area contributed by atoms with E-state index in [9.17, 15) is 4.79 Å². The first-order chi connectivity index (χ1) is 18.2. The van der Waals surface area contributed by atoms with Crippen molar-refractivity contribution in [2.24, 2.45) is 17.8 Å². The Labute approximate surface area is 223 Å². The van der Waals surface area contributed by atoms with Crippen molar-refractivity contribution in [3.8, 4) is 5.75 Å². The second-order valence-corrected chi connectivity index (χ2v) is 11.4. The molecule has 4 heteroatoms. The lowest BCUT2D eigenvalue weighted by Crippen LogP contribution is -2.30. The Hall–Kier alpha value is -2.17. The van der Waals surface area contributed by atoms with Crippen LogP contribution in [0.4, 0.5) is 0 Å². The number of rotatable bonds is 12. The molecule has 37 heavy (non-hydrogen) atoms. The average Bonchev–Trinajstić information content (AvgIpc) is 3.24. The van der Waals surface area contributed by atoms with E-state index in [1.165, 1.54) is 42.4 Å². The van der Waals surface area contributed by atoms with Crippen molar-refractivity contribution in [1.29, 1.82) is 0 Å². The van der Waals surface area contributed by atoms with Crippen LogP contribution < -0.4 is 4.74 Å². The largest absolute Gasteiger partial charge is 0.489 e. The molecule has 0 aromatic heterocycles. The fourth-order valence-electron chi connectivity index (χ4n) is 6.76. The summed E-state index contributed by atoms with van der Waals surface area (Å²) in [6.07, 6.45) is 12.8. The maximum atomic E-state index is 13.3. The van der Waals surface area contributed by atoms with E-state index < -0.39 is 0 Å². The van der Waals surface area contributed by atoms with Gasteiger partial charge >= 0.3 is 0 Å². The van der Waals surface area contributed by atoms with Crippen LogP contribution >= 0.6 is 0 Å². The first-order valence-corrected chi connectivity index (χ1v) is 14.8. The van der Waals surface area contributed by atoms with Crippen LogP contribution in [0.3, 0.4) is 0 Å². The number of Topliss-reactive ketones (excluding diaryl/α,β-unsaturated/α-hetero) is 1. The monoisotopic (exact) mass is 504 g/mol. The van der Waals surface area contributed by atoms with Crippen molar-refractivity contribution in [2.45, 2.75) is 103 Å². The number of hydrogen-bond donors (Lipinski definition) is 0. The first kappa shape index (κ1) is 26.4. The van der Waals surface area contributed by atoms with Gasteiger partial charge in [0.25, 0.3) is 0 Å². The zero-order valence-corrected chi connectivity index (χ0v) is 22.5. The summed E-state index contributed by atoms with van der Waals surface area (Å²) in [4.78, 5) is 13.3. The van der Waals surface area contributed by atoms with Crippen molar-refractivity contribution in [2.75, 3.05) is 6.61 Å². The van der Waals surface area contributed by atoms with Crippen LogP contribution in [-0.4, -0.2) is 24.8 Å². The smallest absolute Gasteiger partial charge is 0.157 e. The molecule has 5 atom stereocenters. The molecule has 0 N–H and O–H groups in total. The van der Waals surface area contributed by atoms with Crippen LogP contribution in [0.1, 0.15) is 87.8 Å². The lowest BCUT2D eigenvalue weighted by atomic mass is 9.73. The topological polar surface area (TPSA) is 44.8 Å². The minimum absolute atomic E-state index is 0.0525. The van der Waals surface area contributed by atoms with Crippen LogP contribution in [0.2, 0.25) is 0 Å². The lowest BCUT2D eigenvalue weighted by Gasteiger charge is -2.32. The fraction of sp³-hybridized carbons (Fsp3) is 0.606. The molecule has 0 radical (unpaired) electrons. The fourth-order valence-corrected chi connectivity index (χ4v) is 6.76. The zero-order valence-electron chi connectivity index (χ0n) is 22.5. The standard InChI is InChI=1S/C33H44O4/c1-2-3-5-14-27(37-33-16-8-9-19-35-33)17-18-28-29-20-25-13-10-15-32(30(25)21-26(29)22-31(28)34)36-23-24-11-6-4-7-12-24/h4,6-7,10-13,15,26-29,33H,2-3,5,8-9,14,16-23H2,1H3/t26-,27-,28?,29-,33?/m0/s1. The van der Waals surface area contributed by atoms with Crippen molar-refractivity contribution < 1.29 is 19.0 Å². The van der Waals surface area contributed by atoms with E-state index >= 15 is 0 Å². The Morgan fingerprint density at radius 3 is 2.68 bits per heavy atom. The molecular formula is C33H44O4. The third kappa shape index (κ3) is 6.83. The lowest BCUT2D eigenvalue weighted by molar-refractivity contribution is -0.191. The van der Waals surface area contributed by atoms with Crippen molar-refractivity contribution in [1.82, 2.24) is 0 Å². The Balaban J connectivity index is 1.21. The van der Waals surface area contributed by atoms with E-state index in [0.29, 0.717) is 24.2 Å². The molecule has 200 valence electrons. The number of ketones is 1. The third-order valence-corrected chi connectivity index (χ3v) is 8.80. The minimum Gasteiger partial charge on any atom is -0.489 e. The predicted molar refractivity (Wildman–Crippen MR) is 147 cm³/mol. The van der Waals surface area contributed by atoms with E-state index in [1.807, 2.05) is 6.07 Å². The number of unbranched alkanes of at least 4 members (excludes halogenated alkanes) is 2. The van der Waals surface area contributed by atoms with Gasteiger partial charge in [-0.3, -0.25) is 4.79 Å². The molecule has 1 saturated carbocycles. The zero-order chi connectivity index (χ0) is 25.5. The summed E-state index contributed by atoms with van der Waals surface area (Å²) in [6.45, 7) is 3.64. The highest BCUT2D eigenvalue weighted by Crippen LogP contribution is 2.47. The molecule has 1 aliphatic heterocycles. The highest BCUT2D eigenvalue weighted by Gasteiger charge is 2.45. The van der Waals surface area contributed by atoms with E-state index in [1.54, 1.807) is 0 Å². The van der Waals surface area contributed by atoms with Crippen molar-refractivity contribution >= 4 is 5.78 Å². The number of carbonyl (C=O) groups is 1. The average molecular weight is 505 g/mol. The molecule has 2 aliphatic carbocycles. The van der Waals surface area contributed by atoms with E-state index in [4.69, 9.17) is 14.2 Å². The Kier molecular flexibility index (Phi) is 9.33. The second kappa shape index (κ2) is 13.1. The number of hydrogen-bond acceptors (Lipinski definition) is 4. The van der Waals surface area contributed by atoms with Gasteiger partial charge in [0.15, 0.2) is 6.29 Å². The summed E-state index contributed by atoms with van der Waals surface area (Å²) < 4.78 is 18.6. The summed E-state index contributed by atoms with van der Waals surface area (Å²) in [5.74, 6) is 2.51.